The molecule has 1 aliphatic heterocycles. The van der Waals surface area contributed by atoms with Crippen LogP contribution in [0.2, 0.25) is 0 Å². The fourth-order valence-corrected chi connectivity index (χ4v) is 3.06. The van der Waals surface area contributed by atoms with Crippen molar-refractivity contribution in [3.8, 4) is 0 Å². The number of hydrogen-bond donors (Lipinski definition) is 0. The van der Waals surface area contributed by atoms with Crippen molar-refractivity contribution in [2.45, 2.75) is 44.8 Å². The molecule has 88 valence electrons. The van der Waals surface area contributed by atoms with Crippen molar-refractivity contribution in [3.05, 3.63) is 0 Å². The first-order chi connectivity index (χ1) is 7.31. The summed E-state index contributed by atoms with van der Waals surface area (Å²) in [6.07, 6.45) is 5.92. The van der Waals surface area contributed by atoms with Crippen LogP contribution < -0.4 is 0 Å². The van der Waals surface area contributed by atoms with E-state index in [9.17, 15) is 0 Å². The lowest BCUT2D eigenvalue weighted by Crippen LogP contribution is -2.53. The first kappa shape index (κ1) is 11.9. The Balaban J connectivity index is 1.91. The van der Waals surface area contributed by atoms with Crippen LogP contribution in [0.15, 0.2) is 0 Å². The Morgan fingerprint density at radius 1 is 1.40 bits per heavy atom. The lowest BCUT2D eigenvalue weighted by atomic mass is 9.89. The van der Waals surface area contributed by atoms with E-state index < -0.39 is 0 Å². The SMILES string of the molecule is CC(CBr)CN1CCOC2CCCCC21. The minimum Gasteiger partial charge on any atom is -0.375 e. The highest BCUT2D eigenvalue weighted by atomic mass is 79.9. The van der Waals surface area contributed by atoms with Crippen LogP contribution in [0.3, 0.4) is 0 Å². The highest BCUT2D eigenvalue weighted by Crippen LogP contribution is 2.28. The molecule has 3 unspecified atom stereocenters. The molecule has 0 radical (unpaired) electrons. The van der Waals surface area contributed by atoms with Gasteiger partial charge in [0, 0.05) is 24.5 Å². The zero-order valence-corrected chi connectivity index (χ0v) is 11.2. The summed E-state index contributed by atoms with van der Waals surface area (Å²) in [6, 6.07) is 0.717. The van der Waals surface area contributed by atoms with Gasteiger partial charge in [-0.1, -0.05) is 35.7 Å². The topological polar surface area (TPSA) is 12.5 Å². The van der Waals surface area contributed by atoms with Crippen molar-refractivity contribution in [2.75, 3.05) is 25.0 Å². The van der Waals surface area contributed by atoms with Gasteiger partial charge in [0.15, 0.2) is 0 Å². The second-order valence-corrected chi connectivity index (χ2v) is 5.66. The van der Waals surface area contributed by atoms with E-state index in [2.05, 4.69) is 27.8 Å². The third-order valence-electron chi connectivity index (χ3n) is 3.66. The minimum absolute atomic E-state index is 0.537. The van der Waals surface area contributed by atoms with Gasteiger partial charge in [0.25, 0.3) is 0 Å². The molecule has 2 aliphatic rings. The maximum Gasteiger partial charge on any atom is 0.0730 e. The Morgan fingerprint density at radius 2 is 2.20 bits per heavy atom. The molecular formula is C12H22BrNO. The van der Waals surface area contributed by atoms with Crippen LogP contribution in [-0.2, 0) is 4.74 Å². The summed E-state index contributed by atoms with van der Waals surface area (Å²) in [5.41, 5.74) is 0. The molecule has 0 aromatic rings. The van der Waals surface area contributed by atoms with Crippen molar-refractivity contribution in [3.63, 3.8) is 0 Å². The van der Waals surface area contributed by atoms with E-state index >= 15 is 0 Å². The third kappa shape index (κ3) is 2.95. The largest absolute Gasteiger partial charge is 0.375 e. The van der Waals surface area contributed by atoms with Gasteiger partial charge in [0.1, 0.15) is 0 Å². The summed E-state index contributed by atoms with van der Waals surface area (Å²) >= 11 is 3.57. The first-order valence-corrected chi connectivity index (χ1v) is 7.35. The Labute approximate surface area is 101 Å². The quantitative estimate of drug-likeness (QED) is 0.735. The molecule has 2 fully saturated rings. The van der Waals surface area contributed by atoms with Gasteiger partial charge in [-0.25, -0.2) is 0 Å². The van der Waals surface area contributed by atoms with Crippen molar-refractivity contribution >= 4 is 15.9 Å². The van der Waals surface area contributed by atoms with Gasteiger partial charge >= 0.3 is 0 Å². The Bertz CT molecular complexity index is 198. The molecule has 3 atom stereocenters. The Morgan fingerprint density at radius 3 is 3.00 bits per heavy atom. The average molecular weight is 276 g/mol. The summed E-state index contributed by atoms with van der Waals surface area (Å²) in [4.78, 5) is 2.67. The van der Waals surface area contributed by atoms with Gasteiger partial charge in [-0.15, -0.1) is 0 Å². The number of nitrogens with zero attached hydrogens (tertiary/aromatic N) is 1. The zero-order valence-electron chi connectivity index (χ0n) is 9.62. The molecule has 0 bridgehead atoms. The maximum atomic E-state index is 5.87. The van der Waals surface area contributed by atoms with E-state index in [-0.39, 0.29) is 0 Å². The molecule has 2 rings (SSSR count). The van der Waals surface area contributed by atoms with Crippen molar-refractivity contribution < 1.29 is 4.74 Å². The van der Waals surface area contributed by atoms with E-state index in [4.69, 9.17) is 4.74 Å². The number of ether oxygens (including phenoxy) is 1. The number of alkyl halides is 1. The molecule has 0 aromatic carbocycles. The van der Waals surface area contributed by atoms with Crippen molar-refractivity contribution in [1.29, 1.82) is 0 Å². The second-order valence-electron chi connectivity index (χ2n) is 5.02. The molecule has 0 N–H and O–H groups in total. The normalized spacial score (nSPS) is 34.8. The van der Waals surface area contributed by atoms with Crippen molar-refractivity contribution in [1.82, 2.24) is 4.90 Å². The van der Waals surface area contributed by atoms with Gasteiger partial charge < -0.3 is 4.74 Å². The van der Waals surface area contributed by atoms with E-state index in [0.717, 1.165) is 24.4 Å². The molecule has 1 saturated carbocycles. The molecule has 0 spiro atoms. The summed E-state index contributed by atoms with van der Waals surface area (Å²) in [5, 5.41) is 1.11. The number of rotatable bonds is 3. The van der Waals surface area contributed by atoms with Crippen LogP contribution >= 0.6 is 15.9 Å². The molecule has 2 nitrogen and oxygen atoms in total. The van der Waals surface area contributed by atoms with Crippen LogP contribution in [0, 0.1) is 5.92 Å². The third-order valence-corrected chi connectivity index (χ3v) is 4.76. The smallest absolute Gasteiger partial charge is 0.0730 e. The van der Waals surface area contributed by atoms with E-state index in [1.165, 1.54) is 32.2 Å². The zero-order chi connectivity index (χ0) is 10.7. The van der Waals surface area contributed by atoms with Gasteiger partial charge in [-0.2, -0.15) is 0 Å². The highest BCUT2D eigenvalue weighted by molar-refractivity contribution is 9.09. The van der Waals surface area contributed by atoms with Crippen LogP contribution in [0.1, 0.15) is 32.6 Å². The minimum atomic E-state index is 0.537. The molecule has 0 aromatic heterocycles. The van der Waals surface area contributed by atoms with Crippen molar-refractivity contribution in [2.24, 2.45) is 5.92 Å². The van der Waals surface area contributed by atoms with E-state index in [0.29, 0.717) is 12.1 Å². The van der Waals surface area contributed by atoms with Gasteiger partial charge in [-0.3, -0.25) is 4.90 Å². The summed E-state index contributed by atoms with van der Waals surface area (Å²) in [6.45, 7) is 5.63. The standard InChI is InChI=1S/C12H22BrNO/c1-10(8-13)9-14-6-7-15-12-5-3-2-4-11(12)14/h10-12H,2-9H2,1H3. The van der Waals surface area contributed by atoms with Gasteiger partial charge in [0.2, 0.25) is 0 Å². The molecule has 0 amide bonds. The predicted molar refractivity (Wildman–Crippen MR) is 66.5 cm³/mol. The molecule has 3 heteroatoms. The lowest BCUT2D eigenvalue weighted by molar-refractivity contribution is -0.0906. The van der Waals surface area contributed by atoms with Crippen LogP contribution in [0.4, 0.5) is 0 Å². The summed E-state index contributed by atoms with van der Waals surface area (Å²) < 4.78 is 5.87. The molecule has 15 heavy (non-hydrogen) atoms. The van der Waals surface area contributed by atoms with Crippen LogP contribution in [-0.4, -0.2) is 42.1 Å². The lowest BCUT2D eigenvalue weighted by Gasteiger charge is -2.44. The van der Waals surface area contributed by atoms with Gasteiger partial charge in [0.05, 0.1) is 12.7 Å². The molecule has 1 saturated heterocycles. The predicted octanol–water partition coefficient (Wildman–Crippen LogP) is 2.66. The fraction of sp³-hybridized carbons (Fsp3) is 1.00. The Kier molecular flexibility index (Phi) is 4.47. The number of fused-ring (bicyclic) bond motifs is 1. The molecule has 1 aliphatic carbocycles. The van der Waals surface area contributed by atoms with Gasteiger partial charge in [-0.05, 0) is 18.8 Å². The van der Waals surface area contributed by atoms with E-state index in [1.807, 2.05) is 0 Å². The van der Waals surface area contributed by atoms with Crippen LogP contribution in [0.5, 0.6) is 0 Å². The summed E-state index contributed by atoms with van der Waals surface area (Å²) in [7, 11) is 0. The van der Waals surface area contributed by atoms with Crippen LogP contribution in [0.25, 0.3) is 0 Å². The number of morpholine rings is 1. The highest BCUT2D eigenvalue weighted by Gasteiger charge is 2.34. The molecular weight excluding hydrogens is 254 g/mol. The number of hydrogen-bond acceptors (Lipinski definition) is 2. The second kappa shape index (κ2) is 5.65. The molecule has 1 heterocycles. The van der Waals surface area contributed by atoms with E-state index in [1.54, 1.807) is 0 Å². The first-order valence-electron chi connectivity index (χ1n) is 6.23. The fourth-order valence-electron chi connectivity index (χ4n) is 2.85. The Hall–Kier alpha value is 0.400. The summed E-state index contributed by atoms with van der Waals surface area (Å²) in [5.74, 6) is 0.755. The monoisotopic (exact) mass is 275 g/mol. The number of halogens is 1. The average Bonchev–Trinajstić information content (AvgIpc) is 2.29. The maximum absolute atomic E-state index is 5.87.